The minimum atomic E-state index is -1.45. The van der Waals surface area contributed by atoms with Gasteiger partial charge in [-0.1, -0.05) is 12.1 Å². The number of benzene rings is 1. The molecule has 40 heavy (non-hydrogen) atoms. The number of aliphatic carboxylic acids is 2. The summed E-state index contributed by atoms with van der Waals surface area (Å²) in [5.74, 6) is -5.83. The van der Waals surface area contributed by atoms with Crippen LogP contribution >= 0.6 is 0 Å². The summed E-state index contributed by atoms with van der Waals surface area (Å²) in [6, 6.07) is 0.784. The molecule has 15 heteroatoms. The lowest BCUT2D eigenvalue weighted by atomic mass is 10.0. The summed E-state index contributed by atoms with van der Waals surface area (Å²) in [7, 11) is 0. The molecule has 0 fully saturated rings. The lowest BCUT2D eigenvalue weighted by molar-refractivity contribution is -0.142. The topological polar surface area (TPSA) is 277 Å². The second kappa shape index (κ2) is 17.4. The van der Waals surface area contributed by atoms with Crippen LogP contribution in [0.25, 0.3) is 0 Å². The number of unbranched alkanes of at least 4 members (excludes halogenated alkanes) is 1. The molecule has 1 aromatic rings. The molecule has 0 heterocycles. The number of hydrogen-bond acceptors (Lipinski definition) is 9. The van der Waals surface area contributed by atoms with Crippen molar-refractivity contribution in [3.05, 3.63) is 29.8 Å². The van der Waals surface area contributed by atoms with Crippen molar-refractivity contribution in [2.75, 3.05) is 6.54 Å². The van der Waals surface area contributed by atoms with Crippen molar-refractivity contribution in [1.29, 1.82) is 0 Å². The van der Waals surface area contributed by atoms with Gasteiger partial charge in [-0.25, -0.2) is 4.79 Å². The number of nitrogens with one attached hydrogen (secondary N) is 3. The Labute approximate surface area is 230 Å². The van der Waals surface area contributed by atoms with Crippen LogP contribution in [0.3, 0.4) is 0 Å². The highest BCUT2D eigenvalue weighted by atomic mass is 16.4. The van der Waals surface area contributed by atoms with Crippen LogP contribution in [0.2, 0.25) is 0 Å². The second-order valence-corrected chi connectivity index (χ2v) is 9.22. The van der Waals surface area contributed by atoms with Crippen LogP contribution in [0.5, 0.6) is 5.75 Å². The van der Waals surface area contributed by atoms with Crippen LogP contribution in [-0.2, 0) is 35.2 Å². The van der Waals surface area contributed by atoms with E-state index in [-0.39, 0.29) is 37.9 Å². The first kappa shape index (κ1) is 33.8. The molecule has 0 radical (unpaired) electrons. The fourth-order valence-corrected chi connectivity index (χ4v) is 3.64. The molecule has 0 saturated heterocycles. The third kappa shape index (κ3) is 13.0. The normalized spacial score (nSPS) is 13.8. The van der Waals surface area contributed by atoms with Gasteiger partial charge in [0.1, 0.15) is 23.9 Å². The van der Waals surface area contributed by atoms with Gasteiger partial charge in [0.05, 0.1) is 6.04 Å². The van der Waals surface area contributed by atoms with Crippen molar-refractivity contribution in [3.63, 3.8) is 0 Å². The summed E-state index contributed by atoms with van der Waals surface area (Å²) in [5, 5.41) is 35.1. The number of carbonyl (C=O) groups is 6. The van der Waals surface area contributed by atoms with E-state index in [2.05, 4.69) is 16.0 Å². The number of rotatable bonds is 19. The van der Waals surface area contributed by atoms with Crippen LogP contribution in [0, 0.1) is 0 Å². The SMILES string of the molecule is NCCCCC(NC(=O)C(CCC(=O)O)NC(=O)C(N)Cc1ccc(O)cc1)C(=O)NC(CCC(N)=O)C(=O)O. The van der Waals surface area contributed by atoms with Crippen molar-refractivity contribution in [2.45, 2.75) is 75.5 Å². The van der Waals surface area contributed by atoms with E-state index in [9.17, 15) is 39.0 Å². The number of primary amides is 1. The number of phenolic OH excluding ortho intramolecular Hbond substituents is 1. The number of hydrogen-bond donors (Lipinski definition) is 9. The Hall–Kier alpha value is -4.24. The van der Waals surface area contributed by atoms with Gasteiger partial charge in [-0.3, -0.25) is 24.0 Å². The fraction of sp³-hybridized carbons (Fsp3) is 0.520. The van der Waals surface area contributed by atoms with Crippen LogP contribution in [0.15, 0.2) is 24.3 Å². The molecule has 4 unspecified atom stereocenters. The van der Waals surface area contributed by atoms with E-state index in [1.807, 2.05) is 0 Å². The van der Waals surface area contributed by atoms with Crippen LogP contribution in [0.4, 0.5) is 0 Å². The first-order valence-electron chi connectivity index (χ1n) is 12.7. The van der Waals surface area contributed by atoms with E-state index >= 15 is 0 Å². The van der Waals surface area contributed by atoms with Crippen molar-refractivity contribution >= 4 is 35.6 Å². The molecule has 222 valence electrons. The predicted molar refractivity (Wildman–Crippen MR) is 141 cm³/mol. The van der Waals surface area contributed by atoms with Crippen LogP contribution < -0.4 is 33.2 Å². The van der Waals surface area contributed by atoms with Crippen LogP contribution in [0.1, 0.15) is 50.5 Å². The van der Waals surface area contributed by atoms with Gasteiger partial charge in [0.2, 0.25) is 23.6 Å². The monoisotopic (exact) mass is 566 g/mol. The summed E-state index contributed by atoms with van der Waals surface area (Å²) in [6.45, 7) is 0.300. The lowest BCUT2D eigenvalue weighted by Gasteiger charge is -2.25. The number of nitrogens with two attached hydrogens (primary N) is 3. The summed E-state index contributed by atoms with van der Waals surface area (Å²) < 4.78 is 0. The van der Waals surface area contributed by atoms with Gasteiger partial charge in [0.25, 0.3) is 0 Å². The minimum Gasteiger partial charge on any atom is -0.508 e. The quantitative estimate of drug-likeness (QED) is 0.0830. The van der Waals surface area contributed by atoms with Gasteiger partial charge in [-0.2, -0.15) is 0 Å². The van der Waals surface area contributed by atoms with Gasteiger partial charge in [0, 0.05) is 12.8 Å². The van der Waals surface area contributed by atoms with E-state index in [1.54, 1.807) is 12.1 Å². The Morgan fingerprint density at radius 1 is 0.750 bits per heavy atom. The Bertz CT molecular complexity index is 1030. The van der Waals surface area contributed by atoms with Gasteiger partial charge < -0.3 is 48.5 Å². The van der Waals surface area contributed by atoms with Gasteiger partial charge in [0.15, 0.2) is 0 Å². The van der Waals surface area contributed by atoms with Gasteiger partial charge in [-0.05, 0) is 62.8 Å². The molecule has 0 bridgehead atoms. The average molecular weight is 567 g/mol. The highest BCUT2D eigenvalue weighted by Gasteiger charge is 2.30. The van der Waals surface area contributed by atoms with E-state index in [0.717, 1.165) is 0 Å². The molecule has 0 aliphatic heterocycles. The Morgan fingerprint density at radius 3 is 1.80 bits per heavy atom. The van der Waals surface area contributed by atoms with Gasteiger partial charge in [-0.15, -0.1) is 0 Å². The number of amides is 4. The van der Waals surface area contributed by atoms with Crippen molar-refractivity contribution in [1.82, 2.24) is 16.0 Å². The number of carboxylic acids is 2. The zero-order valence-corrected chi connectivity index (χ0v) is 22.0. The van der Waals surface area contributed by atoms with E-state index in [1.165, 1.54) is 12.1 Å². The average Bonchev–Trinajstić information content (AvgIpc) is 2.88. The number of phenols is 1. The van der Waals surface area contributed by atoms with Crippen molar-refractivity contribution in [2.24, 2.45) is 17.2 Å². The number of carboxylic acid groups (broad SMARTS) is 2. The summed E-state index contributed by atoms with van der Waals surface area (Å²) in [6.07, 6.45) is -0.351. The maximum absolute atomic E-state index is 13.1. The smallest absolute Gasteiger partial charge is 0.326 e. The largest absolute Gasteiger partial charge is 0.508 e. The lowest BCUT2D eigenvalue weighted by Crippen LogP contribution is -2.57. The fourth-order valence-electron chi connectivity index (χ4n) is 3.64. The molecule has 1 rings (SSSR count). The molecule has 0 aliphatic rings. The second-order valence-electron chi connectivity index (χ2n) is 9.22. The Balaban J connectivity index is 3.01. The molecule has 15 nitrogen and oxygen atoms in total. The zero-order valence-electron chi connectivity index (χ0n) is 22.0. The molecule has 4 atom stereocenters. The molecule has 1 aromatic carbocycles. The molecule has 12 N–H and O–H groups in total. The van der Waals surface area contributed by atoms with Crippen LogP contribution in [-0.4, -0.2) is 81.6 Å². The molecule has 0 saturated carbocycles. The molecule has 0 aromatic heterocycles. The standard InChI is InChI=1S/C25H38N6O9/c26-12-2-1-3-17(23(37)31-19(25(39)40)8-10-20(28)33)30-24(38)18(9-11-21(34)35)29-22(36)16(27)13-14-4-6-15(32)7-5-14/h4-7,16-19,32H,1-3,8-13,26-27H2,(H2,28,33)(H,29,36)(H,30,38)(H,31,37)(H,34,35)(H,39,40). The molecule has 0 spiro atoms. The summed E-state index contributed by atoms with van der Waals surface area (Å²) >= 11 is 0. The Kier molecular flexibility index (Phi) is 14.7. The summed E-state index contributed by atoms with van der Waals surface area (Å²) in [4.78, 5) is 72.5. The highest BCUT2D eigenvalue weighted by molar-refractivity contribution is 5.94. The molecule has 4 amide bonds. The van der Waals surface area contributed by atoms with Crippen molar-refractivity contribution < 1.29 is 44.1 Å². The number of aromatic hydroxyl groups is 1. The first-order chi connectivity index (χ1) is 18.8. The highest BCUT2D eigenvalue weighted by Crippen LogP contribution is 2.11. The molecular formula is C25H38N6O9. The maximum Gasteiger partial charge on any atom is 0.326 e. The third-order valence-electron chi connectivity index (χ3n) is 5.88. The molecular weight excluding hydrogens is 528 g/mol. The van der Waals surface area contributed by atoms with E-state index < -0.39 is 66.2 Å². The molecule has 0 aliphatic carbocycles. The first-order valence-corrected chi connectivity index (χ1v) is 12.7. The maximum atomic E-state index is 13.1. The Morgan fingerprint density at radius 2 is 1.27 bits per heavy atom. The van der Waals surface area contributed by atoms with E-state index in [0.29, 0.717) is 24.9 Å². The van der Waals surface area contributed by atoms with Crippen molar-refractivity contribution in [3.8, 4) is 5.75 Å². The predicted octanol–water partition coefficient (Wildman–Crippen LogP) is -1.94. The number of carbonyl (C=O) groups excluding carboxylic acids is 4. The third-order valence-corrected chi connectivity index (χ3v) is 5.88. The summed E-state index contributed by atoms with van der Waals surface area (Å²) in [5.41, 5.74) is 17.2. The minimum absolute atomic E-state index is 0.0276. The van der Waals surface area contributed by atoms with Gasteiger partial charge >= 0.3 is 11.9 Å². The zero-order chi connectivity index (χ0) is 30.2. The van der Waals surface area contributed by atoms with E-state index in [4.69, 9.17) is 22.3 Å².